The van der Waals surface area contributed by atoms with Gasteiger partial charge in [-0.3, -0.25) is 4.79 Å². The summed E-state index contributed by atoms with van der Waals surface area (Å²) >= 11 is 0. The van der Waals surface area contributed by atoms with Gasteiger partial charge in [-0.05, 0) is 69.3 Å². The summed E-state index contributed by atoms with van der Waals surface area (Å²) in [6.07, 6.45) is 3.73. The topological polar surface area (TPSA) is 90.3 Å². The molecule has 1 saturated heterocycles. The molecule has 2 heterocycles. The van der Waals surface area contributed by atoms with Crippen LogP contribution in [-0.4, -0.2) is 60.9 Å². The minimum atomic E-state index is -0.194. The zero-order valence-electron chi connectivity index (χ0n) is 18.6. The van der Waals surface area contributed by atoms with Crippen molar-refractivity contribution in [1.29, 1.82) is 0 Å². The summed E-state index contributed by atoms with van der Waals surface area (Å²) in [4.78, 5) is 12.8. The summed E-state index contributed by atoms with van der Waals surface area (Å²) in [7, 11) is 3.29. The van der Waals surface area contributed by atoms with E-state index in [1.807, 2.05) is 23.7 Å². The molecule has 8 nitrogen and oxygen atoms in total. The normalized spacial score (nSPS) is 15.2. The monoisotopic (exact) mass is 451 g/mol. The van der Waals surface area contributed by atoms with E-state index >= 15 is 0 Å². The second-order valence-electron chi connectivity index (χ2n) is 7.94. The first kappa shape index (κ1) is 25.1. The van der Waals surface area contributed by atoms with Crippen molar-refractivity contribution in [1.82, 2.24) is 25.6 Å². The van der Waals surface area contributed by atoms with Gasteiger partial charge in [0.15, 0.2) is 5.69 Å². The third-order valence-corrected chi connectivity index (χ3v) is 5.55. The Morgan fingerprint density at radius 1 is 1.23 bits per heavy atom. The van der Waals surface area contributed by atoms with Gasteiger partial charge in [0.05, 0.1) is 19.4 Å². The summed E-state index contributed by atoms with van der Waals surface area (Å²) in [5, 5.41) is 15.0. The van der Waals surface area contributed by atoms with Crippen molar-refractivity contribution in [3.8, 4) is 5.75 Å². The van der Waals surface area contributed by atoms with Crippen molar-refractivity contribution in [3.63, 3.8) is 0 Å². The minimum Gasteiger partial charge on any atom is -0.497 e. The molecule has 1 aromatic heterocycles. The first-order chi connectivity index (χ1) is 14.6. The molecule has 0 radical (unpaired) electrons. The maximum atomic E-state index is 12.8. The molecular formula is C22H34ClN5O3. The fourth-order valence-electron chi connectivity index (χ4n) is 3.85. The maximum absolute atomic E-state index is 12.8. The van der Waals surface area contributed by atoms with E-state index in [1.54, 1.807) is 14.2 Å². The van der Waals surface area contributed by atoms with E-state index in [1.165, 1.54) is 5.56 Å². The first-order valence-electron chi connectivity index (χ1n) is 10.7. The number of benzene rings is 1. The van der Waals surface area contributed by atoms with Gasteiger partial charge >= 0.3 is 0 Å². The van der Waals surface area contributed by atoms with Crippen LogP contribution in [0.4, 0.5) is 0 Å². The first-order valence-corrected chi connectivity index (χ1v) is 10.7. The Bertz CT molecular complexity index is 806. The summed E-state index contributed by atoms with van der Waals surface area (Å²) in [6.45, 7) is 5.23. The van der Waals surface area contributed by atoms with Crippen LogP contribution < -0.4 is 15.4 Å². The van der Waals surface area contributed by atoms with Gasteiger partial charge in [0.25, 0.3) is 5.91 Å². The van der Waals surface area contributed by atoms with E-state index < -0.39 is 0 Å². The molecule has 2 aromatic rings. The third kappa shape index (κ3) is 7.19. The molecular weight excluding hydrogens is 418 g/mol. The number of nitrogens with one attached hydrogen (secondary N) is 2. The number of carbonyl (C=O) groups is 1. The molecule has 3 rings (SSSR count). The fraction of sp³-hybridized carbons (Fsp3) is 0.591. The smallest absolute Gasteiger partial charge is 0.274 e. The number of carbonyl (C=O) groups excluding carboxylic acids is 1. The van der Waals surface area contributed by atoms with Crippen molar-refractivity contribution < 1.29 is 14.3 Å². The zero-order valence-corrected chi connectivity index (χ0v) is 19.4. The highest BCUT2D eigenvalue weighted by Gasteiger charge is 2.23. The van der Waals surface area contributed by atoms with Crippen molar-refractivity contribution >= 4 is 18.3 Å². The second-order valence-corrected chi connectivity index (χ2v) is 7.94. The molecule has 1 fully saturated rings. The molecule has 1 aliphatic rings. The Labute approximate surface area is 190 Å². The van der Waals surface area contributed by atoms with Crippen LogP contribution >= 0.6 is 12.4 Å². The number of aromatic nitrogens is 3. The maximum Gasteiger partial charge on any atom is 0.274 e. The number of nitrogens with zero attached hydrogens (tertiary/aromatic N) is 3. The highest BCUT2D eigenvalue weighted by molar-refractivity contribution is 5.93. The lowest BCUT2D eigenvalue weighted by Crippen LogP contribution is -2.36. The standard InChI is InChI=1S/C22H33N5O3.ClH/c1-16(15-29-2)24-22(28)21-20(9-6-17-4-7-19(30-3)8-5-17)27(26-25-21)14-18-10-12-23-13-11-18;/h4-5,7-8,16,18,23H,6,9-15H2,1-3H3,(H,24,28);1H. The Kier molecular flexibility index (Phi) is 10.2. The van der Waals surface area contributed by atoms with Crippen LogP contribution in [0, 0.1) is 5.92 Å². The van der Waals surface area contributed by atoms with E-state index in [9.17, 15) is 4.79 Å². The molecule has 172 valence electrons. The van der Waals surface area contributed by atoms with Crippen LogP contribution in [0.1, 0.15) is 41.5 Å². The van der Waals surface area contributed by atoms with Gasteiger partial charge in [0, 0.05) is 19.7 Å². The van der Waals surface area contributed by atoms with E-state index in [4.69, 9.17) is 9.47 Å². The Morgan fingerprint density at radius 3 is 2.58 bits per heavy atom. The number of halogens is 1. The second kappa shape index (κ2) is 12.6. The number of piperidine rings is 1. The molecule has 0 aliphatic carbocycles. The van der Waals surface area contributed by atoms with Gasteiger partial charge in [-0.15, -0.1) is 17.5 Å². The molecule has 1 unspecified atom stereocenters. The molecule has 0 saturated carbocycles. The molecule has 31 heavy (non-hydrogen) atoms. The number of amides is 1. The van der Waals surface area contributed by atoms with Crippen molar-refractivity contribution in [2.45, 2.75) is 45.2 Å². The van der Waals surface area contributed by atoms with Crippen LogP contribution in [0.25, 0.3) is 0 Å². The van der Waals surface area contributed by atoms with Gasteiger partial charge in [0.1, 0.15) is 5.75 Å². The van der Waals surface area contributed by atoms with E-state index in [2.05, 4.69) is 33.1 Å². The van der Waals surface area contributed by atoms with Crippen molar-refractivity contribution in [2.24, 2.45) is 5.92 Å². The third-order valence-electron chi connectivity index (χ3n) is 5.55. The highest BCUT2D eigenvalue weighted by atomic mass is 35.5. The summed E-state index contributed by atoms with van der Waals surface area (Å²) < 4.78 is 12.3. The SMILES string of the molecule is COCC(C)NC(=O)c1nnn(CC2CCNCC2)c1CCc1ccc(OC)cc1.Cl. The Balaban J connectivity index is 0.00000341. The van der Waals surface area contributed by atoms with Gasteiger partial charge < -0.3 is 20.1 Å². The van der Waals surface area contributed by atoms with Crippen LogP contribution in [0.5, 0.6) is 5.75 Å². The lowest BCUT2D eigenvalue weighted by atomic mass is 9.98. The van der Waals surface area contributed by atoms with E-state index in [0.29, 0.717) is 24.6 Å². The van der Waals surface area contributed by atoms with Gasteiger partial charge in [-0.25, -0.2) is 4.68 Å². The van der Waals surface area contributed by atoms with Gasteiger partial charge in [0.2, 0.25) is 0 Å². The molecule has 1 aliphatic heterocycles. The van der Waals surface area contributed by atoms with Gasteiger partial charge in [-0.2, -0.15) is 0 Å². The Hall–Kier alpha value is -2.16. The summed E-state index contributed by atoms with van der Waals surface area (Å²) in [6, 6.07) is 7.94. The number of hydrogen-bond acceptors (Lipinski definition) is 6. The number of methoxy groups -OCH3 is 2. The van der Waals surface area contributed by atoms with E-state index in [-0.39, 0.29) is 24.4 Å². The number of rotatable bonds is 10. The average Bonchev–Trinajstić information content (AvgIpc) is 3.16. The van der Waals surface area contributed by atoms with Gasteiger partial charge in [-0.1, -0.05) is 17.3 Å². The largest absolute Gasteiger partial charge is 0.497 e. The predicted molar refractivity (Wildman–Crippen MR) is 122 cm³/mol. The molecule has 9 heteroatoms. The minimum absolute atomic E-state index is 0. The average molecular weight is 452 g/mol. The lowest BCUT2D eigenvalue weighted by Gasteiger charge is -2.23. The molecule has 1 aromatic carbocycles. The molecule has 1 atom stereocenters. The molecule has 0 spiro atoms. The highest BCUT2D eigenvalue weighted by Crippen LogP contribution is 2.19. The van der Waals surface area contributed by atoms with Crippen molar-refractivity contribution in [2.75, 3.05) is 33.9 Å². The number of ether oxygens (including phenoxy) is 2. The van der Waals surface area contributed by atoms with Crippen LogP contribution in [0.15, 0.2) is 24.3 Å². The van der Waals surface area contributed by atoms with E-state index in [0.717, 1.165) is 50.3 Å². The zero-order chi connectivity index (χ0) is 21.3. The van der Waals surface area contributed by atoms with Crippen LogP contribution in [0.2, 0.25) is 0 Å². The molecule has 2 N–H and O–H groups in total. The lowest BCUT2D eigenvalue weighted by molar-refractivity contribution is 0.0899. The molecule has 1 amide bonds. The molecule has 0 bridgehead atoms. The number of hydrogen-bond donors (Lipinski definition) is 2. The Morgan fingerprint density at radius 2 is 1.94 bits per heavy atom. The van der Waals surface area contributed by atoms with Crippen molar-refractivity contribution in [3.05, 3.63) is 41.2 Å². The van der Waals surface area contributed by atoms with Crippen LogP contribution in [0.3, 0.4) is 0 Å². The number of aryl methyl sites for hydroxylation is 1. The summed E-state index contributed by atoms with van der Waals surface area (Å²) in [5.74, 6) is 1.19. The van der Waals surface area contributed by atoms with Crippen LogP contribution in [-0.2, 0) is 24.1 Å². The summed E-state index contributed by atoms with van der Waals surface area (Å²) in [5.41, 5.74) is 2.50. The fourth-order valence-corrected chi connectivity index (χ4v) is 3.85. The predicted octanol–water partition coefficient (Wildman–Crippen LogP) is 2.26. The quantitative estimate of drug-likeness (QED) is 0.575.